The zero-order valence-corrected chi connectivity index (χ0v) is 7.29. The number of benzene rings is 1. The third-order valence-electron chi connectivity index (χ3n) is 2.14. The van der Waals surface area contributed by atoms with Crippen molar-refractivity contribution in [3.8, 4) is 0 Å². The van der Waals surface area contributed by atoms with Crippen molar-refractivity contribution in [3.63, 3.8) is 0 Å². The number of hydrogen-bond donors (Lipinski definition) is 2. The molecule has 1 aromatic heterocycles. The van der Waals surface area contributed by atoms with E-state index in [2.05, 4.69) is 10.3 Å². The molecule has 0 atom stereocenters. The topological polar surface area (TPSA) is 44.9 Å². The molecule has 0 aliphatic rings. The number of rotatable bonds is 2. The number of aryl methyl sites for hydroxylation is 1. The van der Waals surface area contributed by atoms with Gasteiger partial charge in [0.2, 0.25) is 6.41 Å². The summed E-state index contributed by atoms with van der Waals surface area (Å²) >= 11 is 0. The molecule has 1 heterocycles. The van der Waals surface area contributed by atoms with E-state index < -0.39 is 0 Å². The number of fused-ring (bicyclic) bond motifs is 1. The Kier molecular flexibility index (Phi) is 1.77. The van der Waals surface area contributed by atoms with Gasteiger partial charge in [0.15, 0.2) is 0 Å². The normalized spacial score (nSPS) is 10.2. The molecule has 0 saturated carbocycles. The van der Waals surface area contributed by atoms with Crippen LogP contribution in [0.3, 0.4) is 0 Å². The van der Waals surface area contributed by atoms with Gasteiger partial charge in [0.25, 0.3) is 0 Å². The summed E-state index contributed by atoms with van der Waals surface area (Å²) < 4.78 is 0. The molecule has 0 fully saturated rings. The van der Waals surface area contributed by atoms with Gasteiger partial charge in [-0.1, -0.05) is 12.1 Å². The van der Waals surface area contributed by atoms with E-state index in [1.54, 1.807) is 0 Å². The molecule has 2 aromatic rings. The summed E-state index contributed by atoms with van der Waals surface area (Å²) in [5.74, 6) is 0. The van der Waals surface area contributed by atoms with Crippen LogP contribution in [0.4, 0.5) is 5.69 Å². The minimum absolute atomic E-state index is 0.685. The van der Waals surface area contributed by atoms with Gasteiger partial charge in [-0.15, -0.1) is 0 Å². The van der Waals surface area contributed by atoms with Gasteiger partial charge in [-0.2, -0.15) is 0 Å². The lowest BCUT2D eigenvalue weighted by Crippen LogP contribution is -1.93. The maximum atomic E-state index is 10.3. The molecule has 1 amide bonds. The maximum Gasteiger partial charge on any atom is 0.211 e. The lowest BCUT2D eigenvalue weighted by Gasteiger charge is -1.99. The summed E-state index contributed by atoms with van der Waals surface area (Å²) in [6, 6.07) is 5.82. The Balaban J connectivity index is 2.69. The maximum absolute atomic E-state index is 10.3. The van der Waals surface area contributed by atoms with E-state index in [0.717, 1.165) is 16.6 Å². The second-order valence-corrected chi connectivity index (χ2v) is 2.96. The lowest BCUT2D eigenvalue weighted by atomic mass is 10.2. The fourth-order valence-electron chi connectivity index (χ4n) is 1.48. The number of amides is 1. The molecular formula is C10H10N2O. The van der Waals surface area contributed by atoms with E-state index in [0.29, 0.717) is 6.41 Å². The van der Waals surface area contributed by atoms with Gasteiger partial charge in [-0.25, -0.2) is 0 Å². The van der Waals surface area contributed by atoms with Crippen molar-refractivity contribution >= 4 is 23.0 Å². The Labute approximate surface area is 75.8 Å². The first-order valence-corrected chi connectivity index (χ1v) is 4.10. The van der Waals surface area contributed by atoms with Gasteiger partial charge in [0.05, 0.1) is 11.2 Å². The fraction of sp³-hybridized carbons (Fsp3) is 0.100. The van der Waals surface area contributed by atoms with E-state index in [1.807, 2.05) is 31.3 Å². The van der Waals surface area contributed by atoms with Crippen LogP contribution in [0.15, 0.2) is 24.4 Å². The zero-order valence-electron chi connectivity index (χ0n) is 7.29. The predicted molar refractivity (Wildman–Crippen MR) is 52.7 cm³/mol. The van der Waals surface area contributed by atoms with E-state index in [9.17, 15) is 4.79 Å². The van der Waals surface area contributed by atoms with Crippen molar-refractivity contribution in [3.05, 3.63) is 30.0 Å². The number of hydrogen-bond acceptors (Lipinski definition) is 1. The standard InChI is InChI=1S/C10H10N2O/c1-7-5-11-10-8(7)3-2-4-9(10)12-6-13/h2-6,11H,1H3,(H,12,13). The molecule has 3 nitrogen and oxygen atoms in total. The van der Waals surface area contributed by atoms with E-state index >= 15 is 0 Å². The van der Waals surface area contributed by atoms with Gasteiger partial charge in [-0.05, 0) is 18.6 Å². The molecule has 66 valence electrons. The molecule has 2 rings (SSSR count). The molecule has 1 aromatic carbocycles. The molecule has 0 aliphatic heterocycles. The number of H-pyrrole nitrogens is 1. The number of carbonyl (C=O) groups excluding carboxylic acids is 1. The first-order chi connectivity index (χ1) is 6.33. The largest absolute Gasteiger partial charge is 0.359 e. The highest BCUT2D eigenvalue weighted by molar-refractivity contribution is 5.96. The first-order valence-electron chi connectivity index (χ1n) is 4.10. The van der Waals surface area contributed by atoms with Crippen LogP contribution >= 0.6 is 0 Å². The van der Waals surface area contributed by atoms with Gasteiger partial charge < -0.3 is 10.3 Å². The minimum Gasteiger partial charge on any atom is -0.359 e. The van der Waals surface area contributed by atoms with Gasteiger partial charge in [-0.3, -0.25) is 4.79 Å². The van der Waals surface area contributed by atoms with Crippen LogP contribution in [-0.2, 0) is 4.79 Å². The van der Waals surface area contributed by atoms with Crippen molar-refractivity contribution in [2.75, 3.05) is 5.32 Å². The highest BCUT2D eigenvalue weighted by Crippen LogP contribution is 2.24. The van der Waals surface area contributed by atoms with E-state index in [1.165, 1.54) is 5.56 Å². The van der Waals surface area contributed by atoms with Crippen molar-refractivity contribution < 1.29 is 4.79 Å². The number of anilines is 1. The number of carbonyl (C=O) groups is 1. The van der Waals surface area contributed by atoms with Crippen molar-refractivity contribution in [1.29, 1.82) is 0 Å². The van der Waals surface area contributed by atoms with Gasteiger partial charge in [0.1, 0.15) is 0 Å². The minimum atomic E-state index is 0.685. The molecule has 0 saturated heterocycles. The van der Waals surface area contributed by atoms with Crippen LogP contribution < -0.4 is 5.32 Å². The first kappa shape index (κ1) is 7.86. The summed E-state index contributed by atoms with van der Waals surface area (Å²) in [4.78, 5) is 13.4. The third-order valence-corrected chi connectivity index (χ3v) is 2.14. The van der Waals surface area contributed by atoms with Crippen molar-refractivity contribution in [1.82, 2.24) is 4.98 Å². The zero-order chi connectivity index (χ0) is 9.26. The molecule has 2 N–H and O–H groups in total. The van der Waals surface area contributed by atoms with E-state index in [4.69, 9.17) is 0 Å². The summed E-state index contributed by atoms with van der Waals surface area (Å²) in [6.07, 6.45) is 2.62. The van der Waals surface area contributed by atoms with Gasteiger partial charge in [0, 0.05) is 11.6 Å². The Bertz CT molecular complexity index is 445. The van der Waals surface area contributed by atoms with Crippen LogP contribution in [0.1, 0.15) is 5.56 Å². The Morgan fingerprint density at radius 1 is 1.46 bits per heavy atom. The third kappa shape index (κ3) is 1.18. The number of nitrogens with one attached hydrogen (secondary N) is 2. The van der Waals surface area contributed by atoms with Crippen LogP contribution in [-0.4, -0.2) is 11.4 Å². The fourth-order valence-corrected chi connectivity index (χ4v) is 1.48. The van der Waals surface area contributed by atoms with Crippen LogP contribution in [0.2, 0.25) is 0 Å². The molecule has 0 aliphatic carbocycles. The summed E-state index contributed by atoms with van der Waals surface area (Å²) in [5.41, 5.74) is 2.98. The number of para-hydroxylation sites is 1. The summed E-state index contributed by atoms with van der Waals surface area (Å²) in [5, 5.41) is 3.80. The van der Waals surface area contributed by atoms with Crippen LogP contribution in [0, 0.1) is 6.92 Å². The highest BCUT2D eigenvalue weighted by atomic mass is 16.1. The van der Waals surface area contributed by atoms with Crippen molar-refractivity contribution in [2.24, 2.45) is 0 Å². The second kappa shape index (κ2) is 2.94. The summed E-state index contributed by atoms with van der Waals surface area (Å²) in [7, 11) is 0. The molecule has 3 heteroatoms. The average molecular weight is 174 g/mol. The molecule has 13 heavy (non-hydrogen) atoms. The Morgan fingerprint density at radius 3 is 3.08 bits per heavy atom. The number of aromatic amines is 1. The quantitative estimate of drug-likeness (QED) is 0.672. The molecule has 0 unspecified atom stereocenters. The Hall–Kier alpha value is -1.77. The number of aromatic nitrogens is 1. The Morgan fingerprint density at radius 2 is 2.31 bits per heavy atom. The smallest absolute Gasteiger partial charge is 0.211 e. The summed E-state index contributed by atoms with van der Waals surface area (Å²) in [6.45, 7) is 2.03. The second-order valence-electron chi connectivity index (χ2n) is 2.96. The molecule has 0 bridgehead atoms. The SMILES string of the molecule is Cc1c[nH]c2c(NC=O)cccc12. The monoisotopic (exact) mass is 174 g/mol. The average Bonchev–Trinajstić information content (AvgIpc) is 2.50. The lowest BCUT2D eigenvalue weighted by molar-refractivity contribution is -0.105. The van der Waals surface area contributed by atoms with Gasteiger partial charge >= 0.3 is 0 Å². The van der Waals surface area contributed by atoms with Crippen LogP contribution in [0.5, 0.6) is 0 Å². The van der Waals surface area contributed by atoms with E-state index in [-0.39, 0.29) is 0 Å². The van der Waals surface area contributed by atoms with Crippen molar-refractivity contribution in [2.45, 2.75) is 6.92 Å². The molecule has 0 spiro atoms. The molecule has 0 radical (unpaired) electrons. The molecular weight excluding hydrogens is 164 g/mol. The van der Waals surface area contributed by atoms with Crippen LogP contribution in [0.25, 0.3) is 10.9 Å². The highest BCUT2D eigenvalue weighted by Gasteiger charge is 2.02. The predicted octanol–water partition coefficient (Wildman–Crippen LogP) is 2.04.